The smallest absolute Gasteiger partial charge is 0.406 e. The number of piperazine rings is 1. The van der Waals surface area contributed by atoms with Crippen LogP contribution in [0, 0.1) is 0 Å². The quantitative estimate of drug-likeness (QED) is 0.629. The lowest BCUT2D eigenvalue weighted by Crippen LogP contribution is -2.62. The van der Waals surface area contributed by atoms with Crippen LogP contribution in [-0.2, 0) is 11.3 Å². The molecule has 9 heteroatoms. The molecular formula is C23H26F3N3O3. The van der Waals surface area contributed by atoms with Crippen LogP contribution >= 0.6 is 0 Å². The molecule has 0 radical (unpaired) electrons. The maximum absolute atomic E-state index is 13.5. The molecule has 0 spiro atoms. The summed E-state index contributed by atoms with van der Waals surface area (Å²) in [5.74, 6) is -0.171. The molecule has 2 aliphatic rings. The molecule has 6 nitrogen and oxygen atoms in total. The van der Waals surface area contributed by atoms with Gasteiger partial charge in [0.2, 0.25) is 5.78 Å². The van der Waals surface area contributed by atoms with Gasteiger partial charge in [0.25, 0.3) is 0 Å². The predicted molar refractivity (Wildman–Crippen MR) is 111 cm³/mol. The summed E-state index contributed by atoms with van der Waals surface area (Å²) in [5, 5.41) is 0. The molecule has 0 bridgehead atoms. The van der Waals surface area contributed by atoms with Crippen LogP contribution in [0.4, 0.5) is 13.2 Å². The Kier molecular flexibility index (Phi) is 6.78. The average molecular weight is 449 g/mol. The molecule has 2 aliphatic heterocycles. The van der Waals surface area contributed by atoms with Gasteiger partial charge in [-0.25, -0.2) is 0 Å². The van der Waals surface area contributed by atoms with E-state index in [2.05, 4.69) is 19.5 Å². The summed E-state index contributed by atoms with van der Waals surface area (Å²) in [5.41, 5.74) is 0.797. The summed E-state index contributed by atoms with van der Waals surface area (Å²) >= 11 is 0. The van der Waals surface area contributed by atoms with Gasteiger partial charge in [0, 0.05) is 52.1 Å². The zero-order chi connectivity index (χ0) is 22.6. The highest BCUT2D eigenvalue weighted by molar-refractivity contribution is 6.01. The van der Waals surface area contributed by atoms with Gasteiger partial charge in [-0.15, -0.1) is 13.2 Å². The first-order chi connectivity index (χ1) is 15.4. The summed E-state index contributed by atoms with van der Waals surface area (Å²) in [6, 6.07) is 11.4. The Balaban J connectivity index is 1.39. The first-order valence-corrected chi connectivity index (χ1v) is 10.7. The van der Waals surface area contributed by atoms with Gasteiger partial charge >= 0.3 is 6.36 Å². The molecular weight excluding hydrogens is 423 g/mol. The Hall–Kier alpha value is -2.49. The standard InChI is InChI=1S/C23H26F3N3O3/c24-23(25,26)32-19-6-4-18(5-7-19)17-28-11-13-29(14-12-28)22(8-15-31-16-9-22)21(30)20-3-1-2-10-27-20/h1-7,10H,8-9,11-17H2. The molecule has 2 saturated heterocycles. The van der Waals surface area contributed by atoms with Crippen molar-refractivity contribution in [2.24, 2.45) is 0 Å². The van der Waals surface area contributed by atoms with E-state index in [1.54, 1.807) is 30.5 Å². The number of nitrogens with zero attached hydrogens (tertiary/aromatic N) is 3. The van der Waals surface area contributed by atoms with Gasteiger partial charge in [-0.2, -0.15) is 0 Å². The lowest BCUT2D eigenvalue weighted by atomic mass is 9.81. The number of hydrogen-bond donors (Lipinski definition) is 0. The third-order valence-corrected chi connectivity index (χ3v) is 6.18. The van der Waals surface area contributed by atoms with Gasteiger partial charge in [-0.1, -0.05) is 18.2 Å². The maximum Gasteiger partial charge on any atom is 0.573 e. The van der Waals surface area contributed by atoms with Crippen LogP contribution in [0.2, 0.25) is 0 Å². The van der Waals surface area contributed by atoms with Gasteiger partial charge in [0.05, 0.1) is 5.54 Å². The largest absolute Gasteiger partial charge is 0.573 e. The minimum absolute atomic E-state index is 0.0510. The van der Waals surface area contributed by atoms with Crippen LogP contribution in [0.3, 0.4) is 0 Å². The second kappa shape index (κ2) is 9.56. The zero-order valence-electron chi connectivity index (χ0n) is 17.7. The fourth-order valence-corrected chi connectivity index (χ4v) is 4.52. The zero-order valence-corrected chi connectivity index (χ0v) is 17.7. The van der Waals surface area contributed by atoms with Gasteiger partial charge in [-0.3, -0.25) is 19.6 Å². The molecule has 0 aliphatic carbocycles. The van der Waals surface area contributed by atoms with E-state index in [1.807, 2.05) is 6.07 Å². The topological polar surface area (TPSA) is 54.9 Å². The first-order valence-electron chi connectivity index (χ1n) is 10.7. The van der Waals surface area contributed by atoms with Crippen molar-refractivity contribution in [2.75, 3.05) is 39.4 Å². The third-order valence-electron chi connectivity index (χ3n) is 6.18. The van der Waals surface area contributed by atoms with Crippen LogP contribution < -0.4 is 4.74 Å². The highest BCUT2D eigenvalue weighted by Gasteiger charge is 2.46. The van der Waals surface area contributed by atoms with Gasteiger partial charge in [-0.05, 0) is 42.7 Å². The predicted octanol–water partition coefficient (Wildman–Crippen LogP) is 3.53. The van der Waals surface area contributed by atoms with Crippen molar-refractivity contribution in [1.82, 2.24) is 14.8 Å². The maximum atomic E-state index is 13.5. The van der Waals surface area contributed by atoms with Crippen LogP contribution in [0.1, 0.15) is 28.9 Å². The number of hydrogen-bond acceptors (Lipinski definition) is 6. The third kappa shape index (κ3) is 5.28. The summed E-state index contributed by atoms with van der Waals surface area (Å²) in [6.45, 7) is 4.71. The molecule has 2 fully saturated rings. The molecule has 0 saturated carbocycles. The average Bonchev–Trinajstić information content (AvgIpc) is 2.80. The van der Waals surface area contributed by atoms with Crippen molar-refractivity contribution in [1.29, 1.82) is 0 Å². The van der Waals surface area contributed by atoms with E-state index in [0.717, 1.165) is 31.7 Å². The highest BCUT2D eigenvalue weighted by Crippen LogP contribution is 2.32. The number of rotatable bonds is 6. The number of pyridine rings is 1. The molecule has 3 heterocycles. The minimum Gasteiger partial charge on any atom is -0.406 e. The van der Waals surface area contributed by atoms with Crippen molar-refractivity contribution in [3.63, 3.8) is 0 Å². The van der Waals surface area contributed by atoms with E-state index >= 15 is 0 Å². The Morgan fingerprint density at radius 1 is 1.03 bits per heavy atom. The van der Waals surface area contributed by atoms with Crippen molar-refractivity contribution >= 4 is 5.78 Å². The molecule has 2 aromatic rings. The monoisotopic (exact) mass is 449 g/mol. The molecule has 0 amide bonds. The number of alkyl halides is 3. The summed E-state index contributed by atoms with van der Waals surface area (Å²) in [6.07, 6.45) is -1.76. The Labute approximate surface area is 184 Å². The molecule has 0 N–H and O–H groups in total. The number of aromatic nitrogens is 1. The fourth-order valence-electron chi connectivity index (χ4n) is 4.52. The van der Waals surface area contributed by atoms with E-state index in [1.165, 1.54) is 12.1 Å². The molecule has 4 rings (SSSR count). The Morgan fingerprint density at radius 3 is 2.31 bits per heavy atom. The minimum atomic E-state index is -4.69. The van der Waals surface area contributed by atoms with Crippen LogP contribution in [0.15, 0.2) is 48.7 Å². The molecule has 0 atom stereocenters. The normalized spacial score (nSPS) is 20.1. The van der Waals surface area contributed by atoms with E-state index < -0.39 is 11.9 Å². The van der Waals surface area contributed by atoms with Crippen LogP contribution in [0.25, 0.3) is 0 Å². The molecule has 32 heavy (non-hydrogen) atoms. The van der Waals surface area contributed by atoms with Crippen molar-refractivity contribution < 1.29 is 27.4 Å². The van der Waals surface area contributed by atoms with E-state index in [4.69, 9.17) is 4.74 Å². The fraction of sp³-hybridized carbons (Fsp3) is 0.478. The Bertz CT molecular complexity index is 892. The molecule has 1 aromatic carbocycles. The van der Waals surface area contributed by atoms with Crippen molar-refractivity contribution in [3.05, 3.63) is 59.9 Å². The number of carbonyl (C=O) groups excluding carboxylic acids is 1. The molecule has 172 valence electrons. The lowest BCUT2D eigenvalue weighted by molar-refractivity contribution is -0.274. The molecule has 1 aromatic heterocycles. The van der Waals surface area contributed by atoms with Crippen LogP contribution in [-0.4, -0.2) is 71.9 Å². The number of halogens is 3. The number of Topliss-reactive ketones (excluding diaryl/α,β-unsaturated/α-hetero) is 1. The molecule has 0 unspecified atom stereocenters. The summed E-state index contributed by atoms with van der Waals surface area (Å²) < 4.78 is 46.5. The number of ketones is 1. The number of benzene rings is 1. The van der Waals surface area contributed by atoms with E-state index in [9.17, 15) is 18.0 Å². The van der Waals surface area contributed by atoms with E-state index in [-0.39, 0.29) is 11.5 Å². The van der Waals surface area contributed by atoms with Gasteiger partial charge in [0.15, 0.2) is 0 Å². The summed E-state index contributed by atoms with van der Waals surface area (Å²) in [7, 11) is 0. The first kappa shape index (κ1) is 22.7. The second-order valence-electron chi connectivity index (χ2n) is 8.14. The second-order valence-corrected chi connectivity index (χ2v) is 8.14. The highest BCUT2D eigenvalue weighted by atomic mass is 19.4. The lowest BCUT2D eigenvalue weighted by Gasteiger charge is -2.48. The van der Waals surface area contributed by atoms with Gasteiger partial charge in [0.1, 0.15) is 11.4 Å². The Morgan fingerprint density at radius 2 is 1.72 bits per heavy atom. The number of carbonyl (C=O) groups is 1. The van der Waals surface area contributed by atoms with Crippen molar-refractivity contribution in [3.8, 4) is 5.75 Å². The SMILES string of the molecule is O=C(c1ccccn1)C1(N2CCN(Cc3ccc(OC(F)(F)F)cc3)CC2)CCOCC1. The van der Waals surface area contributed by atoms with E-state index in [0.29, 0.717) is 38.3 Å². The summed E-state index contributed by atoms with van der Waals surface area (Å²) in [4.78, 5) is 22.3. The number of ether oxygens (including phenoxy) is 2. The van der Waals surface area contributed by atoms with Gasteiger partial charge < -0.3 is 9.47 Å². The van der Waals surface area contributed by atoms with Crippen molar-refractivity contribution in [2.45, 2.75) is 31.3 Å². The van der Waals surface area contributed by atoms with Crippen LogP contribution in [0.5, 0.6) is 5.75 Å².